The molecular formula is C9H18ClNO2. The molecule has 3 nitrogen and oxygen atoms in total. The van der Waals surface area contributed by atoms with Crippen molar-refractivity contribution in [3.63, 3.8) is 0 Å². The van der Waals surface area contributed by atoms with Crippen LogP contribution in [0.25, 0.3) is 0 Å². The third kappa shape index (κ3) is 8.06. The molecular weight excluding hydrogens is 190 g/mol. The van der Waals surface area contributed by atoms with Gasteiger partial charge < -0.3 is 10.1 Å². The molecule has 0 saturated carbocycles. The minimum Gasteiger partial charge on any atom is -0.369 e. The number of ether oxygens (including phenoxy) is 1. The highest BCUT2D eigenvalue weighted by Gasteiger charge is 2.05. The molecule has 0 aromatic carbocycles. The molecule has 1 amide bonds. The first kappa shape index (κ1) is 12.7. The molecule has 0 heterocycles. The zero-order chi connectivity index (χ0) is 10.3. The first-order valence-electron chi connectivity index (χ1n) is 4.50. The van der Waals surface area contributed by atoms with Crippen molar-refractivity contribution in [3.8, 4) is 0 Å². The van der Waals surface area contributed by atoms with Crippen molar-refractivity contribution in [2.24, 2.45) is 5.92 Å². The zero-order valence-corrected chi connectivity index (χ0v) is 9.23. The number of carbonyl (C=O) groups is 1. The molecule has 0 radical (unpaired) electrons. The fourth-order valence-electron chi connectivity index (χ4n) is 0.636. The summed E-state index contributed by atoms with van der Waals surface area (Å²) in [5, 5.41) is 2.74. The van der Waals surface area contributed by atoms with E-state index in [1.807, 2.05) is 20.8 Å². The Morgan fingerprint density at radius 1 is 1.46 bits per heavy atom. The fourth-order valence-corrected chi connectivity index (χ4v) is 0.745. The molecule has 13 heavy (non-hydrogen) atoms. The van der Waals surface area contributed by atoms with Crippen molar-refractivity contribution in [2.75, 3.05) is 19.0 Å². The summed E-state index contributed by atoms with van der Waals surface area (Å²) in [4.78, 5) is 11.1. The van der Waals surface area contributed by atoms with Gasteiger partial charge in [-0.15, -0.1) is 11.6 Å². The lowest BCUT2D eigenvalue weighted by Crippen LogP contribution is -2.32. The van der Waals surface area contributed by atoms with Crippen LogP contribution in [0.3, 0.4) is 0 Å². The molecule has 0 aromatic rings. The van der Waals surface area contributed by atoms with E-state index in [9.17, 15) is 4.79 Å². The standard InChI is InChI=1S/C9H18ClNO2/c1-7(2)13-6-9(12)11-5-8(3)4-10/h7-8H,4-6H2,1-3H3,(H,11,12). The summed E-state index contributed by atoms with van der Waals surface area (Å²) >= 11 is 5.58. The van der Waals surface area contributed by atoms with Crippen molar-refractivity contribution in [1.82, 2.24) is 5.32 Å². The number of halogens is 1. The van der Waals surface area contributed by atoms with E-state index in [-0.39, 0.29) is 18.6 Å². The number of hydrogen-bond acceptors (Lipinski definition) is 2. The Hall–Kier alpha value is -0.280. The van der Waals surface area contributed by atoms with Gasteiger partial charge in [0.2, 0.25) is 5.91 Å². The third-order valence-electron chi connectivity index (χ3n) is 1.46. The summed E-state index contributed by atoms with van der Waals surface area (Å²) in [5.74, 6) is 0.793. The molecule has 4 heteroatoms. The second-order valence-corrected chi connectivity index (χ2v) is 3.73. The van der Waals surface area contributed by atoms with E-state index in [4.69, 9.17) is 16.3 Å². The molecule has 0 spiro atoms. The van der Waals surface area contributed by atoms with Crippen LogP contribution in [0.2, 0.25) is 0 Å². The average molecular weight is 208 g/mol. The summed E-state index contributed by atoms with van der Waals surface area (Å²) in [6, 6.07) is 0. The van der Waals surface area contributed by atoms with E-state index in [0.717, 1.165) is 0 Å². The zero-order valence-electron chi connectivity index (χ0n) is 8.47. The predicted molar refractivity (Wildman–Crippen MR) is 54.0 cm³/mol. The number of alkyl halides is 1. The van der Waals surface area contributed by atoms with E-state index in [2.05, 4.69) is 5.32 Å². The molecule has 0 bridgehead atoms. The monoisotopic (exact) mass is 207 g/mol. The Morgan fingerprint density at radius 2 is 2.08 bits per heavy atom. The molecule has 0 aliphatic carbocycles. The molecule has 78 valence electrons. The molecule has 0 rings (SSSR count). The van der Waals surface area contributed by atoms with Gasteiger partial charge in [0.1, 0.15) is 6.61 Å². The van der Waals surface area contributed by atoms with E-state index in [0.29, 0.717) is 18.3 Å². The first-order chi connectivity index (χ1) is 6.06. The van der Waals surface area contributed by atoms with Crippen LogP contribution in [0.4, 0.5) is 0 Å². The lowest BCUT2D eigenvalue weighted by Gasteiger charge is -2.10. The Labute approximate surface area is 84.8 Å². The van der Waals surface area contributed by atoms with Crippen LogP contribution in [0, 0.1) is 5.92 Å². The van der Waals surface area contributed by atoms with Gasteiger partial charge in [0.05, 0.1) is 6.10 Å². The van der Waals surface area contributed by atoms with Gasteiger partial charge in [-0.25, -0.2) is 0 Å². The van der Waals surface area contributed by atoms with Crippen molar-refractivity contribution in [1.29, 1.82) is 0 Å². The van der Waals surface area contributed by atoms with Crippen LogP contribution in [0.1, 0.15) is 20.8 Å². The molecule has 1 N–H and O–H groups in total. The largest absolute Gasteiger partial charge is 0.369 e. The van der Waals surface area contributed by atoms with E-state index in [1.54, 1.807) is 0 Å². The number of amides is 1. The minimum atomic E-state index is -0.0781. The topological polar surface area (TPSA) is 38.3 Å². The second kappa shape index (κ2) is 7.15. The lowest BCUT2D eigenvalue weighted by molar-refractivity contribution is -0.127. The van der Waals surface area contributed by atoms with Gasteiger partial charge in [0, 0.05) is 12.4 Å². The maximum atomic E-state index is 11.1. The van der Waals surface area contributed by atoms with Gasteiger partial charge in [-0.3, -0.25) is 4.79 Å². The third-order valence-corrected chi connectivity index (χ3v) is 1.99. The van der Waals surface area contributed by atoms with Crippen LogP contribution in [0.5, 0.6) is 0 Å². The number of carbonyl (C=O) groups excluding carboxylic acids is 1. The van der Waals surface area contributed by atoms with Crippen molar-refractivity contribution in [2.45, 2.75) is 26.9 Å². The Morgan fingerprint density at radius 3 is 2.54 bits per heavy atom. The summed E-state index contributed by atoms with van der Waals surface area (Å²) in [6.07, 6.45) is 0.0937. The molecule has 0 saturated heterocycles. The normalized spacial score (nSPS) is 13.0. The van der Waals surface area contributed by atoms with E-state index < -0.39 is 0 Å². The Kier molecular flexibility index (Phi) is 7.00. The van der Waals surface area contributed by atoms with Gasteiger partial charge in [0.25, 0.3) is 0 Å². The summed E-state index contributed by atoms with van der Waals surface area (Å²) in [6.45, 7) is 6.52. The molecule has 1 unspecified atom stereocenters. The number of hydrogen-bond donors (Lipinski definition) is 1. The van der Waals surface area contributed by atoms with Crippen molar-refractivity contribution < 1.29 is 9.53 Å². The van der Waals surface area contributed by atoms with Crippen LogP contribution >= 0.6 is 11.6 Å². The van der Waals surface area contributed by atoms with Crippen LogP contribution in [-0.4, -0.2) is 31.0 Å². The average Bonchev–Trinajstić information content (AvgIpc) is 2.10. The molecule has 0 aliphatic rings. The minimum absolute atomic E-state index is 0.0781. The highest BCUT2D eigenvalue weighted by atomic mass is 35.5. The Bertz CT molecular complexity index is 151. The number of rotatable bonds is 6. The van der Waals surface area contributed by atoms with E-state index >= 15 is 0 Å². The van der Waals surface area contributed by atoms with Crippen LogP contribution in [-0.2, 0) is 9.53 Å². The molecule has 0 aliphatic heterocycles. The van der Waals surface area contributed by atoms with Gasteiger partial charge in [0.15, 0.2) is 0 Å². The summed E-state index contributed by atoms with van der Waals surface area (Å²) < 4.78 is 5.12. The predicted octanol–water partition coefficient (Wildman–Crippen LogP) is 1.40. The quantitative estimate of drug-likeness (QED) is 0.669. The van der Waals surface area contributed by atoms with Gasteiger partial charge in [-0.05, 0) is 19.8 Å². The first-order valence-corrected chi connectivity index (χ1v) is 5.04. The SMILES string of the molecule is CC(CCl)CNC(=O)COC(C)C. The maximum Gasteiger partial charge on any atom is 0.246 e. The fraction of sp³-hybridized carbons (Fsp3) is 0.889. The summed E-state index contributed by atoms with van der Waals surface area (Å²) in [7, 11) is 0. The van der Waals surface area contributed by atoms with Crippen LogP contribution in [0.15, 0.2) is 0 Å². The second-order valence-electron chi connectivity index (χ2n) is 3.42. The molecule has 0 fully saturated rings. The number of nitrogens with one attached hydrogen (secondary N) is 1. The van der Waals surface area contributed by atoms with Gasteiger partial charge in [-0.2, -0.15) is 0 Å². The van der Waals surface area contributed by atoms with Crippen molar-refractivity contribution >= 4 is 17.5 Å². The van der Waals surface area contributed by atoms with Crippen LogP contribution < -0.4 is 5.32 Å². The smallest absolute Gasteiger partial charge is 0.246 e. The summed E-state index contributed by atoms with van der Waals surface area (Å²) in [5.41, 5.74) is 0. The van der Waals surface area contributed by atoms with Gasteiger partial charge in [-0.1, -0.05) is 6.92 Å². The molecule has 0 aromatic heterocycles. The highest BCUT2D eigenvalue weighted by molar-refractivity contribution is 6.18. The lowest BCUT2D eigenvalue weighted by atomic mass is 10.2. The molecule has 1 atom stereocenters. The van der Waals surface area contributed by atoms with Crippen molar-refractivity contribution in [3.05, 3.63) is 0 Å². The maximum absolute atomic E-state index is 11.1. The van der Waals surface area contributed by atoms with Gasteiger partial charge >= 0.3 is 0 Å². The highest BCUT2D eigenvalue weighted by Crippen LogP contribution is 1.94. The Balaban J connectivity index is 3.40. The van der Waals surface area contributed by atoms with E-state index in [1.165, 1.54) is 0 Å².